The molecule has 0 aliphatic carbocycles. The van der Waals surface area contributed by atoms with E-state index in [0.717, 1.165) is 12.0 Å². The minimum absolute atomic E-state index is 0.0961. The number of hydrogen-bond donors (Lipinski definition) is 1. The summed E-state index contributed by atoms with van der Waals surface area (Å²) in [5.74, 6) is -0.228. The van der Waals surface area contributed by atoms with Crippen LogP contribution in [0.15, 0.2) is 28.7 Å². The number of hydrogen-bond acceptors (Lipinski definition) is 3. The summed E-state index contributed by atoms with van der Waals surface area (Å²) >= 11 is 0. The number of aromatic carboxylic acids is 1. The van der Waals surface area contributed by atoms with Crippen molar-refractivity contribution >= 4 is 5.97 Å². The molecular weight excluding hydrogens is 242 g/mol. The Labute approximate surface area is 112 Å². The van der Waals surface area contributed by atoms with Crippen LogP contribution >= 0.6 is 0 Å². The van der Waals surface area contributed by atoms with E-state index in [2.05, 4.69) is 18.8 Å². The molecule has 0 aliphatic heterocycles. The molecule has 0 fully saturated rings. The lowest BCUT2D eigenvalue weighted by Crippen LogP contribution is -1.95. The summed E-state index contributed by atoms with van der Waals surface area (Å²) in [5, 5.41) is 8.94. The number of benzene rings is 1. The lowest BCUT2D eigenvalue weighted by atomic mass is 10.0. The van der Waals surface area contributed by atoms with Crippen LogP contribution in [0.1, 0.15) is 35.7 Å². The van der Waals surface area contributed by atoms with Gasteiger partial charge in [0.15, 0.2) is 0 Å². The predicted octanol–water partition coefficient (Wildman–Crippen LogP) is 3.55. The van der Waals surface area contributed by atoms with E-state index < -0.39 is 5.97 Å². The first-order valence-corrected chi connectivity index (χ1v) is 6.27. The summed E-state index contributed by atoms with van der Waals surface area (Å²) in [7, 11) is 0. The molecule has 0 unspecified atom stereocenters. The molecular formula is C15H17NO3. The molecule has 1 heterocycles. The van der Waals surface area contributed by atoms with Gasteiger partial charge in [-0.2, -0.15) is 0 Å². The first-order valence-electron chi connectivity index (χ1n) is 6.27. The van der Waals surface area contributed by atoms with E-state index in [0.29, 0.717) is 17.5 Å². The topological polar surface area (TPSA) is 63.3 Å². The number of aromatic nitrogens is 1. The average Bonchev–Trinajstić information content (AvgIpc) is 2.71. The smallest absolute Gasteiger partial charge is 0.373 e. The third-order valence-electron chi connectivity index (χ3n) is 2.84. The molecule has 0 aliphatic rings. The van der Waals surface area contributed by atoms with Gasteiger partial charge in [-0.15, -0.1) is 0 Å². The largest absolute Gasteiger partial charge is 0.475 e. The molecule has 0 saturated carbocycles. The number of nitrogens with zero attached hydrogens (tertiary/aromatic N) is 1. The Balaban J connectivity index is 2.27. The van der Waals surface area contributed by atoms with Crippen molar-refractivity contribution in [3.8, 4) is 11.5 Å². The first kappa shape index (κ1) is 13.3. The van der Waals surface area contributed by atoms with Gasteiger partial charge >= 0.3 is 5.97 Å². The monoisotopic (exact) mass is 259 g/mol. The van der Waals surface area contributed by atoms with Crippen LogP contribution in [0.5, 0.6) is 0 Å². The SMILES string of the molecule is Cc1nc(-c2ccc(CC(C)C)cc2)oc1C(=O)O. The average molecular weight is 259 g/mol. The summed E-state index contributed by atoms with van der Waals surface area (Å²) in [6, 6.07) is 7.87. The number of carbonyl (C=O) groups is 1. The number of oxazole rings is 1. The van der Waals surface area contributed by atoms with E-state index in [1.807, 2.05) is 24.3 Å². The molecule has 1 aromatic heterocycles. The van der Waals surface area contributed by atoms with Crippen molar-refractivity contribution < 1.29 is 14.3 Å². The van der Waals surface area contributed by atoms with Crippen LogP contribution in [-0.4, -0.2) is 16.1 Å². The van der Waals surface area contributed by atoms with E-state index >= 15 is 0 Å². The molecule has 1 aromatic carbocycles. The Morgan fingerprint density at radius 1 is 1.32 bits per heavy atom. The van der Waals surface area contributed by atoms with E-state index in [4.69, 9.17) is 9.52 Å². The molecule has 4 nitrogen and oxygen atoms in total. The summed E-state index contributed by atoms with van der Waals surface area (Å²) in [6.07, 6.45) is 1.02. The van der Waals surface area contributed by atoms with Crippen LogP contribution in [0.3, 0.4) is 0 Å². The van der Waals surface area contributed by atoms with Crippen LogP contribution < -0.4 is 0 Å². The fraction of sp³-hybridized carbons (Fsp3) is 0.333. The van der Waals surface area contributed by atoms with Crippen molar-refractivity contribution in [3.05, 3.63) is 41.3 Å². The zero-order valence-corrected chi connectivity index (χ0v) is 11.3. The van der Waals surface area contributed by atoms with Crippen molar-refractivity contribution in [3.63, 3.8) is 0 Å². The van der Waals surface area contributed by atoms with Crippen LogP contribution in [0.25, 0.3) is 11.5 Å². The van der Waals surface area contributed by atoms with Gasteiger partial charge in [-0.25, -0.2) is 9.78 Å². The third-order valence-corrected chi connectivity index (χ3v) is 2.84. The Morgan fingerprint density at radius 3 is 2.42 bits per heavy atom. The van der Waals surface area contributed by atoms with Gasteiger partial charge in [-0.3, -0.25) is 0 Å². The van der Waals surface area contributed by atoms with Gasteiger partial charge in [0, 0.05) is 5.56 Å². The number of rotatable bonds is 4. The molecule has 4 heteroatoms. The summed E-state index contributed by atoms with van der Waals surface area (Å²) in [4.78, 5) is 15.1. The quantitative estimate of drug-likeness (QED) is 0.912. The number of aryl methyl sites for hydroxylation is 1. The van der Waals surface area contributed by atoms with Crippen LogP contribution in [-0.2, 0) is 6.42 Å². The van der Waals surface area contributed by atoms with Crippen molar-refractivity contribution in [1.29, 1.82) is 0 Å². The van der Waals surface area contributed by atoms with E-state index in [1.54, 1.807) is 6.92 Å². The van der Waals surface area contributed by atoms with E-state index in [9.17, 15) is 4.79 Å². The van der Waals surface area contributed by atoms with Gasteiger partial charge < -0.3 is 9.52 Å². The van der Waals surface area contributed by atoms with Crippen molar-refractivity contribution in [2.75, 3.05) is 0 Å². The molecule has 0 spiro atoms. The lowest BCUT2D eigenvalue weighted by molar-refractivity contribution is 0.0662. The van der Waals surface area contributed by atoms with Crippen molar-refractivity contribution in [2.24, 2.45) is 5.92 Å². The summed E-state index contributed by atoms with van der Waals surface area (Å²) in [5.41, 5.74) is 2.44. The normalized spacial score (nSPS) is 10.9. The molecule has 2 aromatic rings. The predicted molar refractivity (Wildman–Crippen MR) is 72.2 cm³/mol. The highest BCUT2D eigenvalue weighted by Crippen LogP contribution is 2.22. The fourth-order valence-electron chi connectivity index (χ4n) is 1.97. The minimum Gasteiger partial charge on any atom is -0.475 e. The molecule has 2 rings (SSSR count). The van der Waals surface area contributed by atoms with Gasteiger partial charge in [0.1, 0.15) is 0 Å². The third kappa shape index (κ3) is 3.02. The van der Waals surface area contributed by atoms with Gasteiger partial charge in [-0.05, 0) is 37.0 Å². The zero-order valence-electron chi connectivity index (χ0n) is 11.3. The highest BCUT2D eigenvalue weighted by atomic mass is 16.4. The molecule has 0 bridgehead atoms. The number of carboxylic acids is 1. The molecule has 0 amide bonds. The minimum atomic E-state index is -1.09. The van der Waals surface area contributed by atoms with Gasteiger partial charge in [0.05, 0.1) is 5.69 Å². The summed E-state index contributed by atoms with van der Waals surface area (Å²) < 4.78 is 5.27. The maximum absolute atomic E-state index is 10.9. The second kappa shape index (κ2) is 5.26. The highest BCUT2D eigenvalue weighted by Gasteiger charge is 2.16. The second-order valence-electron chi connectivity index (χ2n) is 5.03. The summed E-state index contributed by atoms with van der Waals surface area (Å²) in [6.45, 7) is 5.97. The Bertz CT molecular complexity index is 582. The van der Waals surface area contributed by atoms with Crippen molar-refractivity contribution in [1.82, 2.24) is 4.98 Å². The van der Waals surface area contributed by atoms with Crippen LogP contribution in [0, 0.1) is 12.8 Å². The molecule has 0 radical (unpaired) electrons. The Morgan fingerprint density at radius 2 is 1.95 bits per heavy atom. The van der Waals surface area contributed by atoms with Crippen LogP contribution in [0.2, 0.25) is 0 Å². The van der Waals surface area contributed by atoms with Crippen LogP contribution in [0.4, 0.5) is 0 Å². The Kier molecular flexibility index (Phi) is 3.69. The lowest BCUT2D eigenvalue weighted by Gasteiger charge is -2.04. The molecule has 19 heavy (non-hydrogen) atoms. The molecule has 0 saturated heterocycles. The standard InChI is InChI=1S/C15H17NO3/c1-9(2)8-11-4-6-12(7-5-11)14-16-10(3)13(19-14)15(17)18/h4-7,9H,8H2,1-3H3,(H,17,18). The van der Waals surface area contributed by atoms with E-state index in [1.165, 1.54) is 5.56 Å². The van der Waals surface area contributed by atoms with E-state index in [-0.39, 0.29) is 5.76 Å². The molecule has 0 atom stereocenters. The van der Waals surface area contributed by atoms with Gasteiger partial charge in [0.25, 0.3) is 0 Å². The maximum Gasteiger partial charge on any atom is 0.373 e. The first-order chi connectivity index (χ1) is 8.97. The van der Waals surface area contributed by atoms with Crippen molar-refractivity contribution in [2.45, 2.75) is 27.2 Å². The van der Waals surface area contributed by atoms with Gasteiger partial charge in [0.2, 0.25) is 11.7 Å². The molecule has 100 valence electrons. The van der Waals surface area contributed by atoms with Gasteiger partial charge in [-0.1, -0.05) is 26.0 Å². The highest BCUT2D eigenvalue weighted by molar-refractivity contribution is 5.86. The number of carboxylic acid groups (broad SMARTS) is 1. The zero-order chi connectivity index (χ0) is 14.0. The second-order valence-corrected chi connectivity index (χ2v) is 5.03. The Hall–Kier alpha value is -2.10. The maximum atomic E-state index is 10.9. The molecule has 1 N–H and O–H groups in total. The fourth-order valence-corrected chi connectivity index (χ4v) is 1.97.